The summed E-state index contributed by atoms with van der Waals surface area (Å²) >= 11 is 5.94. The number of aromatic amines is 1. The Bertz CT molecular complexity index is 1320. The van der Waals surface area contributed by atoms with Crippen molar-refractivity contribution in [2.24, 2.45) is 0 Å². The number of rotatable bonds is 6. The molecule has 0 radical (unpaired) electrons. The third kappa shape index (κ3) is 4.25. The number of benzene rings is 1. The van der Waals surface area contributed by atoms with Crippen molar-refractivity contribution < 1.29 is 4.79 Å². The van der Waals surface area contributed by atoms with Crippen LogP contribution in [0.2, 0.25) is 5.02 Å². The van der Waals surface area contributed by atoms with Crippen molar-refractivity contribution in [2.75, 3.05) is 6.54 Å². The first-order valence-corrected chi connectivity index (χ1v) is 10.4. The zero-order valence-electron chi connectivity index (χ0n) is 17.5. The van der Waals surface area contributed by atoms with Gasteiger partial charge in [0.15, 0.2) is 5.82 Å². The number of carbonyl (C=O) groups is 1. The third-order valence-electron chi connectivity index (χ3n) is 5.43. The van der Waals surface area contributed by atoms with Crippen LogP contribution in [0.3, 0.4) is 0 Å². The highest BCUT2D eigenvalue weighted by Crippen LogP contribution is 2.18. The van der Waals surface area contributed by atoms with Crippen molar-refractivity contribution in [3.05, 3.63) is 74.9 Å². The Morgan fingerprint density at radius 1 is 1.23 bits per heavy atom. The number of aromatic nitrogens is 5. The Labute approximate surface area is 183 Å². The van der Waals surface area contributed by atoms with Gasteiger partial charge < -0.3 is 10.3 Å². The number of nitrogens with zero attached hydrogens (tertiary/aromatic N) is 4. The van der Waals surface area contributed by atoms with Gasteiger partial charge in [0.2, 0.25) is 0 Å². The van der Waals surface area contributed by atoms with Gasteiger partial charge in [-0.15, -0.1) is 5.10 Å². The van der Waals surface area contributed by atoms with E-state index in [0.29, 0.717) is 28.5 Å². The summed E-state index contributed by atoms with van der Waals surface area (Å²) in [6.45, 7) is 6.43. The fraction of sp³-hybridized carbons (Fsp3) is 0.273. The summed E-state index contributed by atoms with van der Waals surface area (Å²) in [7, 11) is 0. The van der Waals surface area contributed by atoms with E-state index in [2.05, 4.69) is 20.5 Å². The molecule has 0 fully saturated rings. The fourth-order valence-electron chi connectivity index (χ4n) is 3.40. The van der Waals surface area contributed by atoms with E-state index in [9.17, 15) is 9.59 Å². The first-order chi connectivity index (χ1) is 14.9. The van der Waals surface area contributed by atoms with Crippen LogP contribution >= 0.6 is 11.6 Å². The van der Waals surface area contributed by atoms with Gasteiger partial charge in [-0.2, -0.15) is 5.10 Å². The second-order valence-electron chi connectivity index (χ2n) is 7.57. The average Bonchev–Trinajstić information content (AvgIpc) is 3.37. The molecule has 3 aromatic heterocycles. The first-order valence-electron chi connectivity index (χ1n) is 10.0. The number of nitrogens with one attached hydrogen (secondary N) is 2. The molecule has 8 nitrogen and oxygen atoms in total. The third-order valence-corrected chi connectivity index (χ3v) is 5.62. The van der Waals surface area contributed by atoms with Gasteiger partial charge in [0, 0.05) is 24.5 Å². The monoisotopic (exact) mass is 438 g/mol. The molecule has 0 aliphatic carbocycles. The van der Waals surface area contributed by atoms with Crippen LogP contribution in [-0.2, 0) is 0 Å². The number of amides is 1. The van der Waals surface area contributed by atoms with Crippen LogP contribution in [0.5, 0.6) is 0 Å². The molecule has 0 saturated carbocycles. The second kappa shape index (κ2) is 8.39. The molecule has 9 heteroatoms. The molecule has 2 N–H and O–H groups in total. The highest BCUT2D eigenvalue weighted by atomic mass is 35.5. The standard InChI is InChI=1S/C22H23ClN6O2/c1-4-18(28-12-17(23)9-25-28)10-24-21(30)16-8-19-22(31)26-20(27-29(19)11-16)15-6-5-13(2)14(3)7-15/h5-9,11-12,18H,4,10H2,1-3H3,(H,24,30)(H,26,27,31). The first kappa shape index (κ1) is 20.9. The normalized spacial score (nSPS) is 12.3. The zero-order chi connectivity index (χ0) is 22.1. The van der Waals surface area contributed by atoms with Crippen LogP contribution < -0.4 is 10.9 Å². The summed E-state index contributed by atoms with van der Waals surface area (Å²) in [5.74, 6) is 0.166. The maximum Gasteiger partial charge on any atom is 0.275 e. The van der Waals surface area contributed by atoms with E-state index >= 15 is 0 Å². The summed E-state index contributed by atoms with van der Waals surface area (Å²) in [5.41, 5.74) is 3.45. The van der Waals surface area contributed by atoms with E-state index in [0.717, 1.165) is 23.1 Å². The topological polar surface area (TPSA) is 97.1 Å². The van der Waals surface area contributed by atoms with E-state index in [1.165, 1.54) is 10.6 Å². The minimum Gasteiger partial charge on any atom is -0.350 e. The Morgan fingerprint density at radius 2 is 2.03 bits per heavy atom. The van der Waals surface area contributed by atoms with E-state index in [-0.39, 0.29) is 17.5 Å². The highest BCUT2D eigenvalue weighted by Gasteiger charge is 2.16. The average molecular weight is 439 g/mol. The predicted molar refractivity (Wildman–Crippen MR) is 120 cm³/mol. The van der Waals surface area contributed by atoms with Gasteiger partial charge in [0.25, 0.3) is 11.5 Å². The number of halogens is 1. The summed E-state index contributed by atoms with van der Waals surface area (Å²) in [5, 5.41) is 12.2. The molecule has 0 aliphatic rings. The number of hydrogen-bond acceptors (Lipinski definition) is 4. The zero-order valence-corrected chi connectivity index (χ0v) is 18.3. The largest absolute Gasteiger partial charge is 0.350 e. The van der Waals surface area contributed by atoms with Gasteiger partial charge in [-0.25, -0.2) is 4.52 Å². The Hall–Kier alpha value is -3.39. The van der Waals surface area contributed by atoms with Gasteiger partial charge in [0.05, 0.1) is 22.8 Å². The predicted octanol–water partition coefficient (Wildman–Crippen LogP) is 3.54. The van der Waals surface area contributed by atoms with Crippen molar-refractivity contribution >= 4 is 23.0 Å². The maximum absolute atomic E-state index is 12.7. The second-order valence-corrected chi connectivity index (χ2v) is 8.01. The van der Waals surface area contributed by atoms with Crippen LogP contribution in [0, 0.1) is 13.8 Å². The Kier molecular flexibility index (Phi) is 5.65. The minimum absolute atomic E-state index is 0.0219. The van der Waals surface area contributed by atoms with Crippen molar-refractivity contribution in [3.63, 3.8) is 0 Å². The van der Waals surface area contributed by atoms with Crippen LogP contribution in [0.1, 0.15) is 40.9 Å². The Balaban J connectivity index is 1.57. The molecule has 0 spiro atoms. The lowest BCUT2D eigenvalue weighted by Gasteiger charge is -2.16. The van der Waals surface area contributed by atoms with Crippen molar-refractivity contribution in [2.45, 2.75) is 33.2 Å². The molecule has 1 atom stereocenters. The molecule has 0 saturated heterocycles. The van der Waals surface area contributed by atoms with Crippen LogP contribution in [0.4, 0.5) is 0 Å². The van der Waals surface area contributed by atoms with Gasteiger partial charge in [-0.3, -0.25) is 14.3 Å². The summed E-state index contributed by atoms with van der Waals surface area (Å²) in [4.78, 5) is 28.1. The van der Waals surface area contributed by atoms with Crippen LogP contribution in [0.15, 0.2) is 47.7 Å². The molecule has 0 bridgehead atoms. The molecule has 31 heavy (non-hydrogen) atoms. The van der Waals surface area contributed by atoms with Gasteiger partial charge in [-0.05, 0) is 43.5 Å². The Morgan fingerprint density at radius 3 is 2.71 bits per heavy atom. The number of hydrogen-bond donors (Lipinski definition) is 2. The summed E-state index contributed by atoms with van der Waals surface area (Å²) < 4.78 is 3.18. The number of fused-ring (bicyclic) bond motifs is 1. The summed E-state index contributed by atoms with van der Waals surface area (Å²) in [6, 6.07) is 7.39. The number of carbonyl (C=O) groups excluding carboxylic acids is 1. The van der Waals surface area contributed by atoms with Crippen molar-refractivity contribution in [1.82, 2.24) is 29.7 Å². The lowest BCUT2D eigenvalue weighted by Crippen LogP contribution is -2.30. The molecule has 4 rings (SSSR count). The van der Waals surface area contributed by atoms with Gasteiger partial charge in [0.1, 0.15) is 5.52 Å². The van der Waals surface area contributed by atoms with E-state index < -0.39 is 0 Å². The quantitative estimate of drug-likeness (QED) is 0.481. The molecule has 1 unspecified atom stereocenters. The highest BCUT2D eigenvalue weighted by molar-refractivity contribution is 6.30. The van der Waals surface area contributed by atoms with E-state index in [1.807, 2.05) is 39.0 Å². The van der Waals surface area contributed by atoms with Gasteiger partial charge >= 0.3 is 0 Å². The van der Waals surface area contributed by atoms with Crippen LogP contribution in [-0.4, -0.2) is 36.8 Å². The molecular formula is C22H23ClN6O2. The SMILES string of the molecule is CCC(CNC(=O)c1cc2c(=O)[nH]c(-c3ccc(C)c(C)c3)nn2c1)n1cc(Cl)cn1. The van der Waals surface area contributed by atoms with E-state index in [1.54, 1.807) is 23.3 Å². The lowest BCUT2D eigenvalue weighted by atomic mass is 10.1. The molecule has 4 aromatic rings. The summed E-state index contributed by atoms with van der Waals surface area (Å²) in [6.07, 6.45) is 5.64. The molecule has 1 aromatic carbocycles. The van der Waals surface area contributed by atoms with Gasteiger partial charge in [-0.1, -0.05) is 30.7 Å². The van der Waals surface area contributed by atoms with E-state index in [4.69, 9.17) is 11.6 Å². The molecular weight excluding hydrogens is 416 g/mol. The minimum atomic E-state index is -0.306. The molecule has 0 aliphatic heterocycles. The van der Waals surface area contributed by atoms with Crippen LogP contribution in [0.25, 0.3) is 16.9 Å². The number of aryl methyl sites for hydroxylation is 2. The maximum atomic E-state index is 12.7. The smallest absolute Gasteiger partial charge is 0.275 e. The molecule has 3 heterocycles. The lowest BCUT2D eigenvalue weighted by molar-refractivity contribution is 0.0946. The molecule has 1 amide bonds. The fourth-order valence-corrected chi connectivity index (χ4v) is 3.55. The molecule has 160 valence electrons. The van der Waals surface area contributed by atoms with Crippen molar-refractivity contribution in [1.29, 1.82) is 0 Å². The van der Waals surface area contributed by atoms with Crippen molar-refractivity contribution in [3.8, 4) is 11.4 Å². The number of H-pyrrole nitrogens is 1.